The number of carbonyl (C=O) groups excluding carboxylic acids is 1. The van der Waals surface area contributed by atoms with Gasteiger partial charge in [-0.25, -0.2) is 0 Å². The zero-order valence-electron chi connectivity index (χ0n) is 11.8. The Labute approximate surface area is 120 Å². The number of carbonyl (C=O) groups is 1. The molecule has 1 aromatic carbocycles. The van der Waals surface area contributed by atoms with Gasteiger partial charge in [-0.1, -0.05) is 18.2 Å². The van der Waals surface area contributed by atoms with E-state index in [1.165, 1.54) is 25.9 Å². The summed E-state index contributed by atoms with van der Waals surface area (Å²) in [6.45, 7) is 4.20. The monoisotopic (exact) mass is 274 g/mol. The topological polar surface area (TPSA) is 43.8 Å². The highest BCUT2D eigenvalue weighted by atomic mass is 16.3. The van der Waals surface area contributed by atoms with Gasteiger partial charge in [0, 0.05) is 17.7 Å². The number of nitrogens with zero attached hydrogens (tertiary/aromatic N) is 2. The lowest BCUT2D eigenvalue weighted by molar-refractivity contribution is 0.0168. The third-order valence-corrected chi connectivity index (χ3v) is 4.35. The maximum absolute atomic E-state index is 12.2. The minimum Gasteiger partial charge on any atom is -0.369 e. The average molecular weight is 274 g/mol. The molecular formula is C16H22N2O2. The van der Waals surface area contributed by atoms with Crippen molar-refractivity contribution in [2.75, 3.05) is 26.2 Å². The van der Waals surface area contributed by atoms with E-state index in [4.69, 9.17) is 0 Å². The van der Waals surface area contributed by atoms with Crippen LogP contribution in [-0.4, -0.2) is 47.0 Å². The van der Waals surface area contributed by atoms with Crippen molar-refractivity contribution in [3.05, 3.63) is 35.4 Å². The van der Waals surface area contributed by atoms with Gasteiger partial charge in [0.1, 0.15) is 0 Å². The Balaban J connectivity index is 1.50. The first-order valence-electron chi connectivity index (χ1n) is 7.58. The van der Waals surface area contributed by atoms with Gasteiger partial charge < -0.3 is 14.9 Å². The zero-order chi connectivity index (χ0) is 13.9. The molecule has 2 aliphatic rings. The third-order valence-electron chi connectivity index (χ3n) is 4.35. The molecule has 0 radical (unpaired) electrons. The maximum atomic E-state index is 12.2. The Morgan fingerprint density at radius 2 is 1.80 bits per heavy atom. The van der Waals surface area contributed by atoms with E-state index >= 15 is 0 Å². The number of benzene rings is 1. The zero-order valence-corrected chi connectivity index (χ0v) is 11.8. The lowest BCUT2D eigenvalue weighted by Gasteiger charge is -2.21. The highest BCUT2D eigenvalue weighted by Gasteiger charge is 2.34. The minimum atomic E-state index is -0.759. The lowest BCUT2D eigenvalue weighted by Crippen LogP contribution is -2.29. The quantitative estimate of drug-likeness (QED) is 0.835. The van der Waals surface area contributed by atoms with Gasteiger partial charge in [-0.05, 0) is 51.4 Å². The van der Waals surface area contributed by atoms with E-state index in [2.05, 4.69) is 4.90 Å². The fourth-order valence-electron chi connectivity index (χ4n) is 3.20. The predicted molar refractivity (Wildman–Crippen MR) is 77.3 cm³/mol. The largest absolute Gasteiger partial charge is 0.369 e. The van der Waals surface area contributed by atoms with Crippen molar-refractivity contribution in [2.45, 2.75) is 31.9 Å². The summed E-state index contributed by atoms with van der Waals surface area (Å²) >= 11 is 0. The molecule has 1 fully saturated rings. The number of aliphatic hydroxyl groups is 1. The number of unbranched alkanes of at least 4 members (excludes halogenated alkanes) is 1. The van der Waals surface area contributed by atoms with Gasteiger partial charge in [-0.2, -0.15) is 0 Å². The van der Waals surface area contributed by atoms with Crippen molar-refractivity contribution in [1.29, 1.82) is 0 Å². The predicted octanol–water partition coefficient (Wildman–Crippen LogP) is 2.01. The van der Waals surface area contributed by atoms with Crippen LogP contribution in [0.5, 0.6) is 0 Å². The molecule has 1 amide bonds. The van der Waals surface area contributed by atoms with Crippen LogP contribution in [0, 0.1) is 0 Å². The van der Waals surface area contributed by atoms with Crippen LogP contribution in [0.4, 0.5) is 0 Å². The molecule has 4 heteroatoms. The van der Waals surface area contributed by atoms with Crippen molar-refractivity contribution >= 4 is 5.91 Å². The molecule has 0 saturated carbocycles. The summed E-state index contributed by atoms with van der Waals surface area (Å²) in [5.74, 6) is -0.0331. The molecule has 0 aromatic heterocycles. The van der Waals surface area contributed by atoms with Crippen LogP contribution in [0.25, 0.3) is 0 Å². The first kappa shape index (κ1) is 13.6. The van der Waals surface area contributed by atoms with Gasteiger partial charge in [-0.15, -0.1) is 0 Å². The van der Waals surface area contributed by atoms with Crippen LogP contribution in [0.1, 0.15) is 47.8 Å². The summed E-state index contributed by atoms with van der Waals surface area (Å²) in [7, 11) is 0. The third kappa shape index (κ3) is 2.58. The number of likely N-dealkylation sites (tertiary alicyclic amines) is 1. The Hall–Kier alpha value is -1.39. The summed E-state index contributed by atoms with van der Waals surface area (Å²) < 4.78 is 0. The first-order valence-corrected chi connectivity index (χ1v) is 7.58. The molecule has 108 valence electrons. The van der Waals surface area contributed by atoms with Gasteiger partial charge in [0.2, 0.25) is 0 Å². The summed E-state index contributed by atoms with van der Waals surface area (Å²) in [5.41, 5.74) is 1.40. The number of aliphatic hydroxyl groups excluding tert-OH is 1. The molecule has 1 N–H and O–H groups in total. The standard InChI is InChI=1S/C16H22N2O2/c19-15-13-7-1-2-8-14(13)16(20)18(15)12-6-5-11-17-9-3-4-10-17/h1-2,7-8,15,19H,3-6,9-12H2. The van der Waals surface area contributed by atoms with E-state index in [1.807, 2.05) is 18.2 Å². The van der Waals surface area contributed by atoms with Crippen LogP contribution >= 0.6 is 0 Å². The molecule has 3 rings (SSSR count). The number of amides is 1. The second-order valence-corrected chi connectivity index (χ2v) is 5.72. The van der Waals surface area contributed by atoms with Gasteiger partial charge in [0.05, 0.1) is 0 Å². The second-order valence-electron chi connectivity index (χ2n) is 5.72. The highest BCUT2D eigenvalue weighted by Crippen LogP contribution is 2.31. The summed E-state index contributed by atoms with van der Waals surface area (Å²) in [6, 6.07) is 7.35. The van der Waals surface area contributed by atoms with Gasteiger partial charge in [-0.3, -0.25) is 4.79 Å². The van der Waals surface area contributed by atoms with E-state index in [1.54, 1.807) is 11.0 Å². The van der Waals surface area contributed by atoms with Crippen molar-refractivity contribution in [1.82, 2.24) is 9.80 Å². The summed E-state index contributed by atoms with van der Waals surface area (Å²) in [5, 5.41) is 10.2. The highest BCUT2D eigenvalue weighted by molar-refractivity contribution is 5.98. The molecule has 0 spiro atoms. The number of rotatable bonds is 5. The van der Waals surface area contributed by atoms with Crippen LogP contribution in [0.15, 0.2) is 24.3 Å². The summed E-state index contributed by atoms with van der Waals surface area (Å²) in [6.07, 6.45) is 3.92. The van der Waals surface area contributed by atoms with Crippen LogP contribution in [-0.2, 0) is 0 Å². The molecule has 20 heavy (non-hydrogen) atoms. The van der Waals surface area contributed by atoms with Gasteiger partial charge in [0.25, 0.3) is 5.91 Å². The Kier molecular flexibility index (Phi) is 4.03. The minimum absolute atomic E-state index is 0.0331. The molecule has 2 heterocycles. The summed E-state index contributed by atoms with van der Waals surface area (Å²) in [4.78, 5) is 16.3. The maximum Gasteiger partial charge on any atom is 0.256 e. The van der Waals surface area contributed by atoms with Gasteiger partial charge in [0.15, 0.2) is 6.23 Å². The number of hydrogen-bond acceptors (Lipinski definition) is 3. The Morgan fingerprint density at radius 1 is 1.10 bits per heavy atom. The second kappa shape index (κ2) is 5.94. The Morgan fingerprint density at radius 3 is 2.55 bits per heavy atom. The molecule has 0 bridgehead atoms. The molecular weight excluding hydrogens is 252 g/mol. The van der Waals surface area contributed by atoms with Crippen molar-refractivity contribution in [2.24, 2.45) is 0 Å². The Bertz CT molecular complexity index is 483. The van der Waals surface area contributed by atoms with Crippen LogP contribution in [0.2, 0.25) is 0 Å². The fourth-order valence-corrected chi connectivity index (χ4v) is 3.20. The van der Waals surface area contributed by atoms with E-state index in [0.717, 1.165) is 24.9 Å². The molecule has 0 aliphatic carbocycles. The van der Waals surface area contributed by atoms with Crippen molar-refractivity contribution in [3.63, 3.8) is 0 Å². The first-order chi connectivity index (χ1) is 9.77. The fraction of sp³-hybridized carbons (Fsp3) is 0.562. The van der Waals surface area contributed by atoms with E-state index < -0.39 is 6.23 Å². The van der Waals surface area contributed by atoms with Gasteiger partial charge >= 0.3 is 0 Å². The SMILES string of the molecule is O=C1c2ccccc2C(O)N1CCCCN1CCCC1. The molecule has 1 aromatic rings. The molecule has 4 nitrogen and oxygen atoms in total. The molecule has 1 saturated heterocycles. The molecule has 1 unspecified atom stereocenters. The molecule has 2 aliphatic heterocycles. The smallest absolute Gasteiger partial charge is 0.256 e. The number of fused-ring (bicyclic) bond motifs is 1. The van der Waals surface area contributed by atoms with Crippen molar-refractivity contribution in [3.8, 4) is 0 Å². The van der Waals surface area contributed by atoms with E-state index in [-0.39, 0.29) is 5.91 Å². The van der Waals surface area contributed by atoms with E-state index in [9.17, 15) is 9.90 Å². The average Bonchev–Trinajstić information content (AvgIpc) is 3.06. The molecule has 1 atom stereocenters. The van der Waals surface area contributed by atoms with Crippen LogP contribution in [0.3, 0.4) is 0 Å². The van der Waals surface area contributed by atoms with Crippen molar-refractivity contribution < 1.29 is 9.90 Å². The van der Waals surface area contributed by atoms with E-state index in [0.29, 0.717) is 12.1 Å². The lowest BCUT2D eigenvalue weighted by atomic mass is 10.1. The van der Waals surface area contributed by atoms with Crippen LogP contribution < -0.4 is 0 Å². The number of hydrogen-bond donors (Lipinski definition) is 1. The normalized spacial score (nSPS) is 22.6.